The largest absolute Gasteiger partial charge is 0.381 e. The summed E-state index contributed by atoms with van der Waals surface area (Å²) in [6, 6.07) is 3.62. The minimum Gasteiger partial charge on any atom is -0.381 e. The van der Waals surface area contributed by atoms with Crippen molar-refractivity contribution in [3.63, 3.8) is 0 Å². The van der Waals surface area contributed by atoms with Gasteiger partial charge in [-0.2, -0.15) is 10.5 Å². The topological polar surface area (TPSA) is 98.8 Å². The Labute approximate surface area is 123 Å². The SMILES string of the molecule is N#CC(O)C1(F)CCOCC1.N#CC1OC12CCOCC2. The molecule has 0 amide bonds. The predicted molar refractivity (Wildman–Crippen MR) is 68.8 cm³/mol. The number of epoxide rings is 1. The van der Waals surface area contributed by atoms with E-state index >= 15 is 0 Å². The Hall–Kier alpha value is -1.25. The van der Waals surface area contributed by atoms with Gasteiger partial charge < -0.3 is 19.3 Å². The van der Waals surface area contributed by atoms with Crippen molar-refractivity contribution < 1.29 is 23.7 Å². The molecule has 1 spiro atoms. The van der Waals surface area contributed by atoms with Gasteiger partial charge in [0.05, 0.1) is 12.1 Å². The van der Waals surface area contributed by atoms with Crippen LogP contribution in [0.1, 0.15) is 25.7 Å². The zero-order chi connectivity index (χ0) is 15.3. The average Bonchev–Trinajstić information content (AvgIpc) is 3.20. The molecule has 0 aromatic heterocycles. The van der Waals surface area contributed by atoms with Crippen molar-refractivity contribution in [1.82, 2.24) is 0 Å². The van der Waals surface area contributed by atoms with Crippen LogP contribution in [0.2, 0.25) is 0 Å². The summed E-state index contributed by atoms with van der Waals surface area (Å²) in [4.78, 5) is 0. The summed E-state index contributed by atoms with van der Waals surface area (Å²) in [5.41, 5.74) is -1.83. The summed E-state index contributed by atoms with van der Waals surface area (Å²) in [6.45, 7) is 2.07. The number of nitriles is 2. The minimum atomic E-state index is -1.74. The molecule has 116 valence electrons. The first kappa shape index (κ1) is 16.1. The van der Waals surface area contributed by atoms with E-state index in [-0.39, 0.29) is 37.8 Å². The fraction of sp³-hybridized carbons (Fsp3) is 0.857. The van der Waals surface area contributed by atoms with E-state index in [0.29, 0.717) is 0 Å². The van der Waals surface area contributed by atoms with Crippen LogP contribution in [0.25, 0.3) is 0 Å². The average molecular weight is 298 g/mol. The zero-order valence-corrected chi connectivity index (χ0v) is 11.8. The van der Waals surface area contributed by atoms with Crippen molar-refractivity contribution in [1.29, 1.82) is 10.5 Å². The van der Waals surface area contributed by atoms with Gasteiger partial charge in [0.15, 0.2) is 17.9 Å². The van der Waals surface area contributed by atoms with Crippen LogP contribution in [-0.2, 0) is 14.2 Å². The van der Waals surface area contributed by atoms with Crippen LogP contribution in [-0.4, -0.2) is 55.0 Å². The summed E-state index contributed by atoms with van der Waals surface area (Å²) >= 11 is 0. The molecule has 3 aliphatic heterocycles. The molecule has 3 aliphatic rings. The van der Waals surface area contributed by atoms with Crippen LogP contribution in [0.5, 0.6) is 0 Å². The van der Waals surface area contributed by atoms with E-state index in [2.05, 4.69) is 6.07 Å². The van der Waals surface area contributed by atoms with E-state index in [1.165, 1.54) is 6.07 Å². The van der Waals surface area contributed by atoms with Gasteiger partial charge in [0.1, 0.15) is 5.60 Å². The van der Waals surface area contributed by atoms with E-state index in [4.69, 9.17) is 29.8 Å². The van der Waals surface area contributed by atoms with Gasteiger partial charge in [-0.1, -0.05) is 0 Å². The summed E-state index contributed by atoms with van der Waals surface area (Å²) in [5.74, 6) is 0. The van der Waals surface area contributed by atoms with E-state index in [9.17, 15) is 4.39 Å². The Balaban J connectivity index is 0.000000154. The molecule has 3 saturated heterocycles. The molecule has 0 aliphatic carbocycles. The fourth-order valence-electron chi connectivity index (χ4n) is 2.54. The van der Waals surface area contributed by atoms with Crippen LogP contribution < -0.4 is 0 Å². The number of alkyl halides is 1. The van der Waals surface area contributed by atoms with Gasteiger partial charge in [0.2, 0.25) is 0 Å². The number of hydrogen-bond donors (Lipinski definition) is 1. The molecule has 0 radical (unpaired) electrons. The van der Waals surface area contributed by atoms with Gasteiger partial charge in [0, 0.05) is 52.1 Å². The second-order valence-corrected chi connectivity index (χ2v) is 5.48. The highest BCUT2D eigenvalue weighted by Crippen LogP contribution is 2.44. The zero-order valence-electron chi connectivity index (χ0n) is 11.8. The van der Waals surface area contributed by atoms with E-state index in [1.807, 2.05) is 0 Å². The molecule has 3 rings (SSSR count). The molecular weight excluding hydrogens is 279 g/mol. The lowest BCUT2D eigenvalue weighted by molar-refractivity contribution is -0.0614. The van der Waals surface area contributed by atoms with Gasteiger partial charge in [-0.3, -0.25) is 0 Å². The maximum atomic E-state index is 13.4. The molecule has 3 fully saturated rings. The Morgan fingerprint density at radius 3 is 2.00 bits per heavy atom. The number of rotatable bonds is 1. The Kier molecular flexibility index (Phi) is 5.13. The lowest BCUT2D eigenvalue weighted by Crippen LogP contribution is -2.42. The number of aliphatic hydroxyl groups is 1. The van der Waals surface area contributed by atoms with Crippen molar-refractivity contribution >= 4 is 0 Å². The fourth-order valence-corrected chi connectivity index (χ4v) is 2.54. The number of ether oxygens (including phenoxy) is 3. The van der Waals surface area contributed by atoms with Gasteiger partial charge >= 0.3 is 0 Å². The van der Waals surface area contributed by atoms with Crippen LogP contribution in [0.3, 0.4) is 0 Å². The molecule has 0 aromatic rings. The van der Waals surface area contributed by atoms with Gasteiger partial charge in [-0.05, 0) is 0 Å². The molecule has 2 atom stereocenters. The first-order valence-corrected chi connectivity index (χ1v) is 7.06. The van der Waals surface area contributed by atoms with E-state index < -0.39 is 11.8 Å². The van der Waals surface area contributed by atoms with Crippen molar-refractivity contribution in [2.45, 2.75) is 49.2 Å². The quantitative estimate of drug-likeness (QED) is 0.569. The summed E-state index contributed by atoms with van der Waals surface area (Å²) < 4.78 is 28.7. The molecule has 2 unspecified atom stereocenters. The number of nitrogens with zero attached hydrogens (tertiary/aromatic N) is 2. The molecule has 7 heteroatoms. The van der Waals surface area contributed by atoms with Crippen molar-refractivity contribution in [3.05, 3.63) is 0 Å². The van der Waals surface area contributed by atoms with Gasteiger partial charge in [-0.15, -0.1) is 0 Å². The second-order valence-electron chi connectivity index (χ2n) is 5.48. The molecular formula is C14H19FN2O4. The maximum Gasteiger partial charge on any atom is 0.174 e. The van der Waals surface area contributed by atoms with E-state index in [1.54, 1.807) is 0 Å². The smallest absolute Gasteiger partial charge is 0.174 e. The van der Waals surface area contributed by atoms with Gasteiger partial charge in [0.25, 0.3) is 0 Å². The third kappa shape index (κ3) is 3.69. The highest BCUT2D eigenvalue weighted by molar-refractivity contribution is 5.14. The summed E-state index contributed by atoms with van der Waals surface area (Å²) in [6.07, 6.45) is 0.364. The molecule has 1 N–H and O–H groups in total. The first-order chi connectivity index (χ1) is 10.1. The number of aliphatic hydroxyl groups excluding tert-OH is 1. The molecule has 3 heterocycles. The third-order valence-corrected chi connectivity index (χ3v) is 4.17. The third-order valence-electron chi connectivity index (χ3n) is 4.17. The van der Waals surface area contributed by atoms with Crippen LogP contribution in [0.4, 0.5) is 4.39 Å². The molecule has 0 bridgehead atoms. The number of halogens is 1. The Morgan fingerprint density at radius 1 is 1.05 bits per heavy atom. The van der Waals surface area contributed by atoms with Gasteiger partial charge in [-0.25, -0.2) is 4.39 Å². The van der Waals surface area contributed by atoms with Crippen LogP contribution >= 0.6 is 0 Å². The van der Waals surface area contributed by atoms with Crippen molar-refractivity contribution in [2.24, 2.45) is 0 Å². The lowest BCUT2D eigenvalue weighted by atomic mass is 9.91. The first-order valence-electron chi connectivity index (χ1n) is 7.06. The molecule has 6 nitrogen and oxygen atoms in total. The molecule has 0 aromatic carbocycles. The summed E-state index contributed by atoms with van der Waals surface area (Å²) in [5, 5.41) is 25.7. The predicted octanol–water partition coefficient (Wildman–Crippen LogP) is 0.848. The monoisotopic (exact) mass is 298 g/mol. The van der Waals surface area contributed by atoms with Crippen LogP contribution in [0, 0.1) is 22.7 Å². The summed E-state index contributed by atoms with van der Waals surface area (Å²) in [7, 11) is 0. The number of hydrogen-bond acceptors (Lipinski definition) is 6. The van der Waals surface area contributed by atoms with Crippen molar-refractivity contribution in [2.75, 3.05) is 26.4 Å². The normalized spacial score (nSPS) is 30.2. The van der Waals surface area contributed by atoms with Crippen LogP contribution in [0.15, 0.2) is 0 Å². The highest BCUT2D eigenvalue weighted by Gasteiger charge is 2.57. The van der Waals surface area contributed by atoms with E-state index in [0.717, 1.165) is 26.1 Å². The van der Waals surface area contributed by atoms with Crippen molar-refractivity contribution in [3.8, 4) is 12.1 Å². The maximum absolute atomic E-state index is 13.4. The molecule has 0 saturated carbocycles. The Morgan fingerprint density at radius 2 is 1.57 bits per heavy atom. The minimum absolute atomic E-state index is 0.0903. The standard InChI is InChI=1S/C7H10FNO2.C7H9NO2/c8-7(6(10)5-9)1-3-11-4-2-7;8-5-6-7(10-6)1-3-9-4-2-7/h6,10H,1-4H2;6H,1-4H2. The highest BCUT2D eigenvalue weighted by atomic mass is 19.1. The Bertz CT molecular complexity index is 433. The second kappa shape index (κ2) is 6.67. The lowest BCUT2D eigenvalue weighted by Gasteiger charge is -2.30. The molecule has 21 heavy (non-hydrogen) atoms.